The number of carbonyl (C=O) groups excluding carboxylic acids is 2. The van der Waals surface area contributed by atoms with E-state index in [0.29, 0.717) is 26.2 Å². The molecule has 2 aliphatic heterocycles. The highest BCUT2D eigenvalue weighted by Crippen LogP contribution is 2.29. The van der Waals surface area contributed by atoms with Crippen LogP contribution in [0.4, 0.5) is 0 Å². The molecule has 2 amide bonds. The number of likely N-dealkylation sites (tertiary alicyclic amines) is 1. The summed E-state index contributed by atoms with van der Waals surface area (Å²) >= 11 is 0. The monoisotopic (exact) mass is 434 g/mol. The van der Waals surface area contributed by atoms with E-state index in [1.54, 1.807) is 0 Å². The molecule has 2 aromatic rings. The Hall–Kier alpha value is -2.70. The van der Waals surface area contributed by atoms with Crippen molar-refractivity contribution in [1.82, 2.24) is 19.6 Å². The van der Waals surface area contributed by atoms with Crippen LogP contribution in [0, 0.1) is 0 Å². The van der Waals surface area contributed by atoms with Gasteiger partial charge in [-0.1, -0.05) is 60.7 Å². The van der Waals surface area contributed by atoms with Gasteiger partial charge in [-0.2, -0.15) is 0 Å². The normalized spacial score (nSPS) is 17.3. The highest BCUT2D eigenvalue weighted by Gasteiger charge is 2.29. The summed E-state index contributed by atoms with van der Waals surface area (Å²) in [6.45, 7) is 5.40. The van der Waals surface area contributed by atoms with Gasteiger partial charge >= 0.3 is 0 Å². The molecular formula is C26H34N4O2. The third kappa shape index (κ3) is 5.56. The van der Waals surface area contributed by atoms with E-state index in [2.05, 4.69) is 53.4 Å². The van der Waals surface area contributed by atoms with Gasteiger partial charge in [-0.05, 0) is 31.0 Å². The van der Waals surface area contributed by atoms with Crippen LogP contribution in [0.5, 0.6) is 0 Å². The first-order chi connectivity index (χ1) is 15.6. The summed E-state index contributed by atoms with van der Waals surface area (Å²) in [4.78, 5) is 33.4. The van der Waals surface area contributed by atoms with Crippen molar-refractivity contribution in [3.63, 3.8) is 0 Å². The highest BCUT2D eigenvalue weighted by atomic mass is 16.2. The summed E-state index contributed by atoms with van der Waals surface area (Å²) in [5, 5.41) is 0. The Morgan fingerprint density at radius 3 is 1.62 bits per heavy atom. The first-order valence-electron chi connectivity index (χ1n) is 11.7. The van der Waals surface area contributed by atoms with Gasteiger partial charge in [0.15, 0.2) is 0 Å². The average Bonchev–Trinajstić information content (AvgIpc) is 3.36. The Bertz CT molecular complexity index is 836. The van der Waals surface area contributed by atoms with Crippen molar-refractivity contribution in [2.24, 2.45) is 0 Å². The van der Waals surface area contributed by atoms with Crippen LogP contribution in [0.3, 0.4) is 0 Å². The first kappa shape index (κ1) is 22.5. The summed E-state index contributed by atoms with van der Waals surface area (Å²) in [5.41, 5.74) is 2.55. The first-order valence-corrected chi connectivity index (χ1v) is 11.7. The number of benzene rings is 2. The lowest BCUT2D eigenvalue weighted by atomic mass is 9.96. The third-order valence-corrected chi connectivity index (χ3v) is 6.53. The van der Waals surface area contributed by atoms with Crippen LogP contribution >= 0.6 is 0 Å². The number of hydrogen-bond acceptors (Lipinski definition) is 4. The highest BCUT2D eigenvalue weighted by molar-refractivity contribution is 5.81. The molecule has 170 valence electrons. The largest absolute Gasteiger partial charge is 0.342 e. The summed E-state index contributed by atoms with van der Waals surface area (Å²) in [6, 6.07) is 21.4. The van der Waals surface area contributed by atoms with E-state index < -0.39 is 0 Å². The van der Waals surface area contributed by atoms with E-state index in [9.17, 15) is 9.59 Å². The number of carbonyl (C=O) groups is 2. The second kappa shape index (κ2) is 10.7. The van der Waals surface area contributed by atoms with Crippen molar-refractivity contribution in [1.29, 1.82) is 0 Å². The van der Waals surface area contributed by atoms with Gasteiger partial charge in [-0.3, -0.25) is 19.4 Å². The third-order valence-electron chi connectivity index (χ3n) is 6.53. The SMILES string of the molecule is CN(CC(=O)N1CCCC1)CC(=O)N1CCN(C(c2ccccc2)c2ccccc2)CC1. The fraction of sp³-hybridized carbons (Fsp3) is 0.462. The molecule has 0 unspecified atom stereocenters. The Morgan fingerprint density at radius 2 is 1.16 bits per heavy atom. The van der Waals surface area contributed by atoms with Gasteiger partial charge in [-0.15, -0.1) is 0 Å². The molecule has 0 N–H and O–H groups in total. The van der Waals surface area contributed by atoms with Crippen LogP contribution in [0.15, 0.2) is 60.7 Å². The lowest BCUT2D eigenvalue weighted by Crippen LogP contribution is -2.52. The Labute approximate surface area is 191 Å². The van der Waals surface area contributed by atoms with E-state index >= 15 is 0 Å². The molecule has 0 saturated carbocycles. The molecule has 6 heteroatoms. The number of amides is 2. The van der Waals surface area contributed by atoms with Crippen molar-refractivity contribution in [3.8, 4) is 0 Å². The summed E-state index contributed by atoms with van der Waals surface area (Å²) in [6.07, 6.45) is 2.18. The zero-order valence-electron chi connectivity index (χ0n) is 19.0. The molecule has 0 aliphatic carbocycles. The molecule has 32 heavy (non-hydrogen) atoms. The zero-order chi connectivity index (χ0) is 22.3. The Morgan fingerprint density at radius 1 is 0.719 bits per heavy atom. The van der Waals surface area contributed by atoms with Gasteiger partial charge in [0.05, 0.1) is 19.1 Å². The van der Waals surface area contributed by atoms with E-state index in [1.165, 1.54) is 11.1 Å². The smallest absolute Gasteiger partial charge is 0.236 e. The summed E-state index contributed by atoms with van der Waals surface area (Å²) < 4.78 is 0. The van der Waals surface area contributed by atoms with Crippen LogP contribution in [0.2, 0.25) is 0 Å². The molecule has 2 saturated heterocycles. The maximum Gasteiger partial charge on any atom is 0.236 e. The maximum atomic E-state index is 12.9. The second-order valence-electron chi connectivity index (χ2n) is 8.90. The molecule has 2 aliphatic rings. The van der Waals surface area contributed by atoms with Crippen molar-refractivity contribution < 1.29 is 9.59 Å². The molecule has 0 aromatic heterocycles. The summed E-state index contributed by atoms with van der Waals surface area (Å²) in [7, 11) is 1.86. The minimum Gasteiger partial charge on any atom is -0.342 e. The molecule has 2 fully saturated rings. The minimum atomic E-state index is 0.109. The van der Waals surface area contributed by atoms with E-state index in [4.69, 9.17) is 0 Å². The molecule has 6 nitrogen and oxygen atoms in total. The van der Waals surface area contributed by atoms with Crippen molar-refractivity contribution in [2.75, 3.05) is 59.4 Å². The molecule has 0 bridgehead atoms. The second-order valence-corrected chi connectivity index (χ2v) is 8.90. The van der Waals surface area contributed by atoms with Crippen LogP contribution in [0.25, 0.3) is 0 Å². The number of nitrogens with zero attached hydrogens (tertiary/aromatic N) is 4. The molecule has 0 radical (unpaired) electrons. The van der Waals surface area contributed by atoms with Gasteiger partial charge in [0, 0.05) is 39.3 Å². The topological polar surface area (TPSA) is 47.1 Å². The average molecular weight is 435 g/mol. The van der Waals surface area contributed by atoms with E-state index in [0.717, 1.165) is 39.0 Å². The Balaban J connectivity index is 1.33. The lowest BCUT2D eigenvalue weighted by Gasteiger charge is -2.40. The van der Waals surface area contributed by atoms with Gasteiger partial charge in [0.25, 0.3) is 0 Å². The van der Waals surface area contributed by atoms with Gasteiger partial charge < -0.3 is 9.80 Å². The molecule has 2 aromatic carbocycles. The van der Waals surface area contributed by atoms with Crippen molar-refractivity contribution in [2.45, 2.75) is 18.9 Å². The fourth-order valence-electron chi connectivity index (χ4n) is 4.80. The molecule has 0 spiro atoms. The van der Waals surface area contributed by atoms with Crippen LogP contribution in [0.1, 0.15) is 30.0 Å². The number of rotatable bonds is 7. The number of piperazine rings is 1. The number of likely N-dealkylation sites (N-methyl/N-ethyl adjacent to an activating group) is 1. The predicted molar refractivity (Wildman–Crippen MR) is 126 cm³/mol. The van der Waals surface area contributed by atoms with Crippen molar-refractivity contribution >= 4 is 11.8 Å². The van der Waals surface area contributed by atoms with Gasteiger partial charge in [-0.25, -0.2) is 0 Å². The maximum absolute atomic E-state index is 12.9. The molecule has 0 atom stereocenters. The van der Waals surface area contributed by atoms with Gasteiger partial charge in [0.2, 0.25) is 11.8 Å². The predicted octanol–water partition coefficient (Wildman–Crippen LogP) is 2.47. The zero-order valence-corrected chi connectivity index (χ0v) is 19.0. The molecular weight excluding hydrogens is 400 g/mol. The lowest BCUT2D eigenvalue weighted by molar-refractivity contribution is -0.136. The van der Waals surface area contributed by atoms with E-state index in [1.807, 2.05) is 33.9 Å². The van der Waals surface area contributed by atoms with E-state index in [-0.39, 0.29) is 17.9 Å². The minimum absolute atomic E-state index is 0.109. The number of hydrogen-bond donors (Lipinski definition) is 0. The summed E-state index contributed by atoms with van der Waals surface area (Å²) in [5.74, 6) is 0.244. The van der Waals surface area contributed by atoms with Crippen LogP contribution < -0.4 is 0 Å². The van der Waals surface area contributed by atoms with Crippen molar-refractivity contribution in [3.05, 3.63) is 71.8 Å². The Kier molecular flexibility index (Phi) is 7.55. The quantitative estimate of drug-likeness (QED) is 0.672. The molecule has 4 rings (SSSR count). The molecule has 2 heterocycles. The fourth-order valence-corrected chi connectivity index (χ4v) is 4.80. The standard InChI is InChI=1S/C26H34N4O2/c1-27(20-24(31)28-14-8-9-15-28)21-25(32)29-16-18-30(19-17-29)26(22-10-4-2-5-11-22)23-12-6-3-7-13-23/h2-7,10-13,26H,8-9,14-21H2,1H3. The van der Waals surface area contributed by atoms with Gasteiger partial charge in [0.1, 0.15) is 0 Å². The van der Waals surface area contributed by atoms with Crippen LogP contribution in [-0.4, -0.2) is 90.8 Å². The van der Waals surface area contributed by atoms with Crippen LogP contribution in [-0.2, 0) is 9.59 Å².